The van der Waals surface area contributed by atoms with E-state index in [0.717, 1.165) is 0 Å². The highest BCUT2D eigenvalue weighted by molar-refractivity contribution is 7.87. The van der Waals surface area contributed by atoms with Crippen molar-refractivity contribution in [1.82, 2.24) is 14.3 Å². The fraction of sp³-hybridized carbons (Fsp3) is 0.296. The van der Waals surface area contributed by atoms with Crippen molar-refractivity contribution in [2.45, 2.75) is 24.8 Å². The van der Waals surface area contributed by atoms with Gasteiger partial charge in [0.15, 0.2) is 0 Å². The molecule has 1 fully saturated rings. The number of benzene rings is 3. The van der Waals surface area contributed by atoms with Gasteiger partial charge in [0, 0.05) is 31.6 Å². The summed E-state index contributed by atoms with van der Waals surface area (Å²) < 4.78 is 49.3. The van der Waals surface area contributed by atoms with Crippen LogP contribution >= 0.6 is 0 Å². The molecule has 1 aliphatic heterocycles. The molecule has 0 radical (unpaired) electrons. The van der Waals surface area contributed by atoms with Crippen molar-refractivity contribution in [3.63, 3.8) is 0 Å². The van der Waals surface area contributed by atoms with E-state index in [0.29, 0.717) is 24.0 Å². The smallest absolute Gasteiger partial charge is 0.279 e. The summed E-state index contributed by atoms with van der Waals surface area (Å²) >= 11 is 0. The monoisotopic (exact) mass is 543 g/mol. The van der Waals surface area contributed by atoms with Gasteiger partial charge < -0.3 is 20.3 Å². The number of methoxy groups -OCH3 is 1. The number of phenols is 2. The number of hydrogen-bond donors (Lipinski definition) is 4. The molecular formula is C27H30FN3O6S. The number of carbonyl (C=O) groups excluding carboxylic acids is 1. The molecule has 0 spiro atoms. The van der Waals surface area contributed by atoms with Crippen molar-refractivity contribution in [3.05, 3.63) is 89.2 Å². The number of piperidine rings is 1. The maximum Gasteiger partial charge on any atom is 0.279 e. The number of hydrogen-bond acceptors (Lipinski definition) is 6. The molecule has 0 aliphatic carbocycles. The van der Waals surface area contributed by atoms with Gasteiger partial charge in [0.05, 0.1) is 7.11 Å². The lowest BCUT2D eigenvalue weighted by atomic mass is 9.73. The topological polar surface area (TPSA) is 128 Å². The van der Waals surface area contributed by atoms with E-state index in [1.807, 2.05) is 0 Å². The third-order valence-electron chi connectivity index (χ3n) is 6.89. The largest absolute Gasteiger partial charge is 0.508 e. The molecule has 0 saturated carbocycles. The maximum absolute atomic E-state index is 14.2. The van der Waals surface area contributed by atoms with Crippen LogP contribution in [0.3, 0.4) is 0 Å². The second-order valence-corrected chi connectivity index (χ2v) is 11.0. The van der Waals surface area contributed by atoms with Crippen LogP contribution in [0.4, 0.5) is 4.39 Å². The molecule has 9 nitrogen and oxygen atoms in total. The molecule has 1 heterocycles. The Morgan fingerprint density at radius 1 is 1.05 bits per heavy atom. The Kier molecular flexibility index (Phi) is 8.20. The zero-order valence-corrected chi connectivity index (χ0v) is 21.7. The van der Waals surface area contributed by atoms with E-state index < -0.39 is 27.3 Å². The van der Waals surface area contributed by atoms with Crippen LogP contribution in [0.2, 0.25) is 0 Å². The molecule has 4 N–H and O–H groups in total. The molecule has 38 heavy (non-hydrogen) atoms. The molecule has 202 valence electrons. The quantitative estimate of drug-likeness (QED) is 0.329. The van der Waals surface area contributed by atoms with Crippen molar-refractivity contribution >= 4 is 16.1 Å². The lowest BCUT2D eigenvalue weighted by Gasteiger charge is -2.42. The molecule has 3 aromatic rings. The van der Waals surface area contributed by atoms with Gasteiger partial charge in [-0.2, -0.15) is 17.4 Å². The van der Waals surface area contributed by atoms with E-state index in [1.54, 1.807) is 36.4 Å². The first-order chi connectivity index (χ1) is 18.1. The van der Waals surface area contributed by atoms with Gasteiger partial charge in [0.2, 0.25) is 0 Å². The average molecular weight is 544 g/mol. The number of aromatic hydroxyl groups is 2. The second kappa shape index (κ2) is 11.4. The first-order valence-electron chi connectivity index (χ1n) is 12.1. The molecule has 3 aromatic carbocycles. The number of carbonyl (C=O) groups is 1. The number of halogens is 1. The van der Waals surface area contributed by atoms with Crippen LogP contribution in [0.1, 0.15) is 34.3 Å². The summed E-state index contributed by atoms with van der Waals surface area (Å²) in [5, 5.41) is 22.5. The SMILES string of the molecule is COc1cccc(O)c1C(=O)NCC1(c2cccc(F)c2)CCN(S(=O)(=O)NCc2ccc(O)cc2)CC1. The van der Waals surface area contributed by atoms with Crippen LogP contribution < -0.4 is 14.8 Å². The standard InChI is InChI=1S/C27H30FN3O6S/c1-37-24-7-3-6-23(33)25(24)26(34)29-18-27(20-4-2-5-21(28)16-20)12-14-31(15-13-27)38(35,36)30-17-19-8-10-22(32)11-9-19/h2-11,16,30,32-33H,12-15,17-18H2,1H3,(H,29,34). The summed E-state index contributed by atoms with van der Waals surface area (Å²) in [7, 11) is -2.42. The molecule has 1 saturated heterocycles. The molecule has 0 bridgehead atoms. The van der Waals surface area contributed by atoms with Crippen molar-refractivity contribution in [2.75, 3.05) is 26.7 Å². The molecule has 4 rings (SSSR count). The van der Waals surface area contributed by atoms with Crippen LogP contribution in [-0.2, 0) is 22.2 Å². The van der Waals surface area contributed by atoms with Gasteiger partial charge in [0.25, 0.3) is 16.1 Å². The second-order valence-electron chi connectivity index (χ2n) is 9.22. The highest BCUT2D eigenvalue weighted by Crippen LogP contribution is 2.37. The number of nitrogens with one attached hydrogen (secondary N) is 2. The zero-order chi connectivity index (χ0) is 27.3. The van der Waals surface area contributed by atoms with E-state index in [2.05, 4.69) is 10.0 Å². The fourth-order valence-electron chi connectivity index (χ4n) is 4.68. The number of rotatable bonds is 9. The van der Waals surface area contributed by atoms with Crippen molar-refractivity contribution in [3.8, 4) is 17.2 Å². The van der Waals surface area contributed by atoms with E-state index in [-0.39, 0.29) is 49.0 Å². The average Bonchev–Trinajstić information content (AvgIpc) is 2.91. The molecular weight excluding hydrogens is 513 g/mol. The number of phenolic OH excluding ortho intramolecular Hbond substituents is 2. The summed E-state index contributed by atoms with van der Waals surface area (Å²) in [4.78, 5) is 13.0. The zero-order valence-electron chi connectivity index (χ0n) is 20.9. The predicted molar refractivity (Wildman–Crippen MR) is 140 cm³/mol. The molecule has 11 heteroatoms. The number of nitrogens with zero attached hydrogens (tertiary/aromatic N) is 1. The molecule has 1 amide bonds. The third-order valence-corrected chi connectivity index (χ3v) is 8.44. The maximum atomic E-state index is 14.2. The Balaban J connectivity index is 1.50. The third kappa shape index (κ3) is 6.07. The fourth-order valence-corrected chi connectivity index (χ4v) is 5.87. The molecule has 0 atom stereocenters. The minimum absolute atomic E-state index is 0.0113. The Morgan fingerprint density at radius 2 is 1.74 bits per heavy atom. The van der Waals surface area contributed by atoms with Crippen LogP contribution in [0, 0.1) is 5.82 Å². The van der Waals surface area contributed by atoms with Gasteiger partial charge in [-0.25, -0.2) is 4.39 Å². The van der Waals surface area contributed by atoms with E-state index in [9.17, 15) is 27.8 Å². The summed E-state index contributed by atoms with van der Waals surface area (Å²) in [6.07, 6.45) is 0.656. The highest BCUT2D eigenvalue weighted by atomic mass is 32.2. The van der Waals surface area contributed by atoms with Crippen molar-refractivity contribution < 1.29 is 32.6 Å². The van der Waals surface area contributed by atoms with Crippen LogP contribution in [0.25, 0.3) is 0 Å². The lowest BCUT2D eigenvalue weighted by molar-refractivity contribution is 0.0927. The Morgan fingerprint density at radius 3 is 2.39 bits per heavy atom. The first-order valence-corrected chi connectivity index (χ1v) is 13.5. The number of amides is 1. The summed E-state index contributed by atoms with van der Waals surface area (Å²) in [5.74, 6) is -0.915. The minimum atomic E-state index is -3.81. The Hall–Kier alpha value is -3.67. The highest BCUT2D eigenvalue weighted by Gasteiger charge is 2.40. The molecule has 0 unspecified atom stereocenters. The molecule has 1 aliphatic rings. The Labute approximate surface area is 221 Å². The van der Waals surface area contributed by atoms with Gasteiger partial charge in [0.1, 0.15) is 28.6 Å². The van der Waals surface area contributed by atoms with Crippen LogP contribution in [-0.4, -0.2) is 55.6 Å². The van der Waals surface area contributed by atoms with Gasteiger partial charge in [-0.1, -0.05) is 30.3 Å². The Bertz CT molecular complexity index is 1390. The van der Waals surface area contributed by atoms with Gasteiger partial charge >= 0.3 is 0 Å². The summed E-state index contributed by atoms with van der Waals surface area (Å²) in [6, 6.07) is 16.8. The normalized spacial score (nSPS) is 15.6. The summed E-state index contributed by atoms with van der Waals surface area (Å²) in [6.45, 7) is 0.461. The van der Waals surface area contributed by atoms with E-state index >= 15 is 0 Å². The van der Waals surface area contributed by atoms with E-state index in [1.165, 1.54) is 41.7 Å². The minimum Gasteiger partial charge on any atom is -0.508 e. The van der Waals surface area contributed by atoms with Crippen LogP contribution in [0.15, 0.2) is 66.7 Å². The number of ether oxygens (including phenoxy) is 1. The van der Waals surface area contributed by atoms with Crippen molar-refractivity contribution in [1.29, 1.82) is 0 Å². The van der Waals surface area contributed by atoms with E-state index in [4.69, 9.17) is 4.74 Å². The lowest BCUT2D eigenvalue weighted by Crippen LogP contribution is -2.52. The van der Waals surface area contributed by atoms with Gasteiger partial charge in [-0.15, -0.1) is 0 Å². The van der Waals surface area contributed by atoms with Crippen molar-refractivity contribution in [2.24, 2.45) is 0 Å². The van der Waals surface area contributed by atoms with Gasteiger partial charge in [-0.3, -0.25) is 4.79 Å². The van der Waals surface area contributed by atoms with Gasteiger partial charge in [-0.05, 0) is 60.4 Å². The first kappa shape index (κ1) is 27.4. The summed E-state index contributed by atoms with van der Waals surface area (Å²) in [5.41, 5.74) is 0.594. The molecule has 0 aromatic heterocycles. The van der Waals surface area contributed by atoms with Crippen LogP contribution in [0.5, 0.6) is 17.2 Å². The predicted octanol–water partition coefficient (Wildman–Crippen LogP) is 3.04.